The lowest BCUT2D eigenvalue weighted by Crippen LogP contribution is -2.36. The Bertz CT molecular complexity index is 837. The fourth-order valence-corrected chi connectivity index (χ4v) is 3.29. The predicted molar refractivity (Wildman–Crippen MR) is 95.8 cm³/mol. The lowest BCUT2D eigenvalue weighted by atomic mass is 9.95. The molecule has 138 valence electrons. The predicted octanol–water partition coefficient (Wildman–Crippen LogP) is 2.87. The number of nitrogens with zero attached hydrogens (tertiary/aromatic N) is 1. The Balaban J connectivity index is 1.65. The number of anilines is 1. The highest BCUT2D eigenvalue weighted by Crippen LogP contribution is 2.28. The highest BCUT2D eigenvalue weighted by atomic mass is 19.1. The molecular formula is C20H22F2N2O2. The molecule has 3 rings (SSSR count). The summed E-state index contributed by atoms with van der Waals surface area (Å²) in [5.74, 6) is -1.33. The van der Waals surface area contributed by atoms with Crippen LogP contribution in [0.25, 0.3) is 0 Å². The van der Waals surface area contributed by atoms with Crippen molar-refractivity contribution in [2.45, 2.75) is 31.9 Å². The van der Waals surface area contributed by atoms with E-state index in [0.29, 0.717) is 19.4 Å². The van der Waals surface area contributed by atoms with Crippen LogP contribution in [-0.2, 0) is 23.4 Å². The van der Waals surface area contributed by atoms with Crippen molar-refractivity contribution < 1.29 is 18.7 Å². The van der Waals surface area contributed by atoms with Crippen LogP contribution >= 0.6 is 0 Å². The topological polar surface area (TPSA) is 52.6 Å². The fourth-order valence-electron chi connectivity index (χ4n) is 3.29. The highest BCUT2D eigenvalue weighted by molar-refractivity contribution is 5.95. The normalized spacial score (nSPS) is 16.3. The minimum Gasteiger partial charge on any atom is -0.384 e. The van der Waals surface area contributed by atoms with Gasteiger partial charge in [-0.2, -0.15) is 0 Å². The van der Waals surface area contributed by atoms with Crippen LogP contribution in [0, 0.1) is 11.6 Å². The molecule has 2 aromatic rings. The molecule has 2 N–H and O–H groups in total. The summed E-state index contributed by atoms with van der Waals surface area (Å²) in [6, 6.07) is 9.05. The van der Waals surface area contributed by atoms with Crippen LogP contribution in [0.3, 0.4) is 0 Å². The molecule has 1 heterocycles. The largest absolute Gasteiger partial charge is 0.384 e. The van der Waals surface area contributed by atoms with Crippen LogP contribution in [0.1, 0.15) is 30.0 Å². The third-order valence-electron chi connectivity index (χ3n) is 4.80. The summed E-state index contributed by atoms with van der Waals surface area (Å²) in [4.78, 5) is 13.4. The first kappa shape index (κ1) is 18.5. The van der Waals surface area contributed by atoms with Gasteiger partial charge in [0.15, 0.2) is 0 Å². The van der Waals surface area contributed by atoms with Crippen molar-refractivity contribution in [1.29, 1.82) is 0 Å². The van der Waals surface area contributed by atoms with Crippen LogP contribution in [0.2, 0.25) is 0 Å². The van der Waals surface area contributed by atoms with Gasteiger partial charge in [0.25, 0.3) is 0 Å². The summed E-state index contributed by atoms with van der Waals surface area (Å²) in [5, 5.41) is 13.6. The molecule has 1 aliphatic rings. The number of rotatable bonds is 5. The van der Waals surface area contributed by atoms with E-state index in [1.54, 1.807) is 11.9 Å². The molecule has 1 aliphatic heterocycles. The van der Waals surface area contributed by atoms with E-state index in [2.05, 4.69) is 5.32 Å². The number of hydrogen-bond acceptors (Lipinski definition) is 3. The fraction of sp³-hybridized carbons (Fsp3) is 0.350. The van der Waals surface area contributed by atoms with E-state index in [1.807, 2.05) is 18.2 Å². The van der Waals surface area contributed by atoms with Gasteiger partial charge in [-0.25, -0.2) is 8.78 Å². The van der Waals surface area contributed by atoms with E-state index < -0.39 is 17.2 Å². The van der Waals surface area contributed by atoms with Crippen molar-refractivity contribution in [1.82, 2.24) is 5.32 Å². The highest BCUT2D eigenvalue weighted by Gasteiger charge is 2.26. The van der Waals surface area contributed by atoms with Gasteiger partial charge < -0.3 is 15.3 Å². The Labute approximate surface area is 151 Å². The molecule has 2 aromatic carbocycles. The lowest BCUT2D eigenvalue weighted by molar-refractivity contribution is -0.118. The van der Waals surface area contributed by atoms with Crippen molar-refractivity contribution >= 4 is 11.6 Å². The summed E-state index contributed by atoms with van der Waals surface area (Å²) in [7, 11) is 1.77. The summed E-state index contributed by atoms with van der Waals surface area (Å²) < 4.78 is 26.9. The van der Waals surface area contributed by atoms with Gasteiger partial charge in [0.2, 0.25) is 5.91 Å². The van der Waals surface area contributed by atoms with Gasteiger partial charge in [-0.15, -0.1) is 0 Å². The molecule has 0 aliphatic carbocycles. The second kappa shape index (κ2) is 7.13. The number of halogens is 2. The maximum absolute atomic E-state index is 13.9. The molecule has 0 fully saturated rings. The first-order chi connectivity index (χ1) is 12.3. The van der Waals surface area contributed by atoms with Crippen LogP contribution in [0.4, 0.5) is 14.5 Å². The van der Waals surface area contributed by atoms with Crippen LogP contribution in [-0.4, -0.2) is 24.6 Å². The molecule has 0 radical (unpaired) electrons. The van der Waals surface area contributed by atoms with Gasteiger partial charge in [-0.3, -0.25) is 4.79 Å². The smallest absolute Gasteiger partial charge is 0.227 e. The number of hydrogen-bond donors (Lipinski definition) is 2. The Morgan fingerprint density at radius 3 is 2.69 bits per heavy atom. The van der Waals surface area contributed by atoms with Crippen molar-refractivity contribution in [3.05, 3.63) is 64.7 Å². The third-order valence-corrected chi connectivity index (χ3v) is 4.80. The molecule has 0 saturated heterocycles. The molecule has 0 saturated carbocycles. The Hall–Kier alpha value is -2.31. The van der Waals surface area contributed by atoms with Gasteiger partial charge in [0.05, 0.1) is 0 Å². The van der Waals surface area contributed by atoms with Crippen LogP contribution < -0.4 is 10.2 Å². The first-order valence-electron chi connectivity index (χ1n) is 8.55. The zero-order chi connectivity index (χ0) is 18.9. The number of nitrogens with one attached hydrogen (secondary N) is 1. The second-order valence-corrected chi connectivity index (χ2v) is 6.92. The van der Waals surface area contributed by atoms with Gasteiger partial charge in [-0.1, -0.05) is 18.2 Å². The van der Waals surface area contributed by atoms with Gasteiger partial charge in [-0.05, 0) is 36.6 Å². The number of carbonyl (C=O) groups is 1. The minimum absolute atomic E-state index is 0.0528. The standard InChI is InChI=1S/C20H22F2N2O2/c1-20(26,16-6-5-15(21)10-17(16)22)12-23-11-13-3-7-18-14(9-13)4-8-19(25)24(18)2/h3,5-7,9-10,23,26H,4,8,11-12H2,1-2H3. The van der Waals surface area contributed by atoms with Gasteiger partial charge in [0, 0.05) is 43.9 Å². The lowest BCUT2D eigenvalue weighted by Gasteiger charge is -2.27. The van der Waals surface area contributed by atoms with E-state index >= 15 is 0 Å². The number of carbonyl (C=O) groups excluding carboxylic acids is 1. The summed E-state index contributed by atoms with van der Waals surface area (Å²) in [6.07, 6.45) is 1.21. The van der Waals surface area contributed by atoms with Gasteiger partial charge in [0.1, 0.15) is 17.2 Å². The van der Waals surface area contributed by atoms with Crippen LogP contribution in [0.15, 0.2) is 36.4 Å². The third kappa shape index (κ3) is 3.76. The maximum Gasteiger partial charge on any atom is 0.227 e. The Kier molecular flexibility index (Phi) is 5.07. The number of fused-ring (bicyclic) bond motifs is 1. The second-order valence-electron chi connectivity index (χ2n) is 6.92. The minimum atomic E-state index is -1.46. The molecule has 4 nitrogen and oxygen atoms in total. The SMILES string of the molecule is CN1C(=O)CCc2cc(CNCC(C)(O)c3ccc(F)cc3F)ccc21. The monoisotopic (exact) mass is 360 g/mol. The molecule has 0 aromatic heterocycles. The molecule has 26 heavy (non-hydrogen) atoms. The van der Waals surface area contributed by atoms with Crippen LogP contribution in [0.5, 0.6) is 0 Å². The molecule has 6 heteroatoms. The maximum atomic E-state index is 13.9. The number of benzene rings is 2. The Morgan fingerprint density at radius 2 is 1.96 bits per heavy atom. The average molecular weight is 360 g/mol. The Morgan fingerprint density at radius 1 is 1.19 bits per heavy atom. The van der Waals surface area contributed by atoms with Crippen molar-refractivity contribution in [2.24, 2.45) is 0 Å². The van der Waals surface area contributed by atoms with E-state index in [4.69, 9.17) is 0 Å². The molecular weight excluding hydrogens is 338 g/mol. The van der Waals surface area contributed by atoms with Crippen molar-refractivity contribution in [3.63, 3.8) is 0 Å². The summed E-state index contributed by atoms with van der Waals surface area (Å²) in [5.41, 5.74) is 1.64. The first-order valence-corrected chi connectivity index (χ1v) is 8.55. The quantitative estimate of drug-likeness (QED) is 0.862. The zero-order valence-corrected chi connectivity index (χ0v) is 14.9. The summed E-state index contributed by atoms with van der Waals surface area (Å²) >= 11 is 0. The number of aliphatic hydroxyl groups is 1. The summed E-state index contributed by atoms with van der Waals surface area (Å²) in [6.45, 7) is 2.10. The zero-order valence-electron chi connectivity index (χ0n) is 14.9. The van der Waals surface area contributed by atoms with E-state index in [0.717, 1.165) is 28.9 Å². The number of aryl methyl sites for hydroxylation is 1. The molecule has 0 spiro atoms. The van der Waals surface area contributed by atoms with Crippen molar-refractivity contribution in [2.75, 3.05) is 18.5 Å². The average Bonchev–Trinajstić information content (AvgIpc) is 2.58. The molecule has 0 bridgehead atoms. The molecule has 1 amide bonds. The van der Waals surface area contributed by atoms with E-state index in [-0.39, 0.29) is 18.0 Å². The molecule has 1 atom stereocenters. The van der Waals surface area contributed by atoms with Gasteiger partial charge >= 0.3 is 0 Å². The molecule has 1 unspecified atom stereocenters. The number of amides is 1. The van der Waals surface area contributed by atoms with Crippen molar-refractivity contribution in [3.8, 4) is 0 Å². The van der Waals surface area contributed by atoms with E-state index in [1.165, 1.54) is 13.0 Å². The van der Waals surface area contributed by atoms with E-state index in [9.17, 15) is 18.7 Å².